The Hall–Kier alpha value is -1.62. The Balaban J connectivity index is 2.93. The molecule has 2 rings (SSSR count). The van der Waals surface area contributed by atoms with Gasteiger partial charge in [0.2, 0.25) is 0 Å². The molecule has 0 atom stereocenters. The van der Waals surface area contributed by atoms with Gasteiger partial charge in [0.1, 0.15) is 5.76 Å². The summed E-state index contributed by atoms with van der Waals surface area (Å²) < 4.78 is 27.6. The van der Waals surface area contributed by atoms with Gasteiger partial charge < -0.3 is 4.42 Å². The minimum Gasteiger partial charge on any atom is -0.422 e. The van der Waals surface area contributed by atoms with Crippen LogP contribution in [0.5, 0.6) is 0 Å². The fourth-order valence-corrected chi connectivity index (χ4v) is 2.33. The average molecular weight is 224 g/mol. The molecule has 1 aliphatic heterocycles. The van der Waals surface area contributed by atoms with Crippen LogP contribution in [0, 0.1) is 0 Å². The molecule has 0 saturated heterocycles. The van der Waals surface area contributed by atoms with Crippen molar-refractivity contribution in [3.8, 4) is 11.3 Å². The zero-order valence-corrected chi connectivity index (χ0v) is 8.74. The van der Waals surface area contributed by atoms with Gasteiger partial charge in [-0.3, -0.25) is 0 Å². The molecule has 0 aromatic rings. The second-order valence-electron chi connectivity index (χ2n) is 3.18. The van der Waals surface area contributed by atoms with Gasteiger partial charge in [-0.1, -0.05) is 18.2 Å². The molecule has 0 amide bonds. The predicted molar refractivity (Wildman–Crippen MR) is 54.7 cm³/mol. The van der Waals surface area contributed by atoms with E-state index in [1.54, 1.807) is 30.3 Å². The molecule has 4 nitrogen and oxygen atoms in total. The van der Waals surface area contributed by atoms with E-state index in [4.69, 9.17) is 4.42 Å². The van der Waals surface area contributed by atoms with E-state index in [9.17, 15) is 13.2 Å². The molecule has 2 aliphatic rings. The lowest BCUT2D eigenvalue weighted by atomic mass is 10.2. The zero-order valence-electron chi connectivity index (χ0n) is 7.93. The average Bonchev–Trinajstić information content (AvgIpc) is 2.30. The molecule has 0 unspecified atom stereocenters. The summed E-state index contributed by atoms with van der Waals surface area (Å²) in [5, 5.41) is 0. The lowest BCUT2D eigenvalue weighted by Crippen LogP contribution is -2.08. The molecule has 0 fully saturated rings. The van der Waals surface area contributed by atoms with Gasteiger partial charge in [0.25, 0.3) is 0 Å². The third-order valence-corrected chi connectivity index (χ3v) is 3.13. The van der Waals surface area contributed by atoms with Gasteiger partial charge in [0.05, 0.1) is 0 Å². The van der Waals surface area contributed by atoms with E-state index in [2.05, 4.69) is 0 Å². The Morgan fingerprint density at radius 1 is 1.13 bits per heavy atom. The summed E-state index contributed by atoms with van der Waals surface area (Å²) in [5.41, 5.74) is -0.480. The van der Waals surface area contributed by atoms with Crippen molar-refractivity contribution in [2.75, 3.05) is 6.26 Å². The molecular weight excluding hydrogens is 216 g/mol. The molecule has 0 N–H and O–H groups in total. The van der Waals surface area contributed by atoms with Crippen molar-refractivity contribution in [3.63, 3.8) is 0 Å². The summed E-state index contributed by atoms with van der Waals surface area (Å²) in [7, 11) is -3.55. The van der Waals surface area contributed by atoms with Crippen molar-refractivity contribution in [2.45, 2.75) is 4.90 Å². The summed E-state index contributed by atoms with van der Waals surface area (Å²) in [4.78, 5) is 11.1. The Morgan fingerprint density at radius 3 is 2.47 bits per heavy atom. The molecule has 1 aliphatic carbocycles. The SMILES string of the molecule is CS(=O)(=O)c1c2cccccc-2oc1=O. The van der Waals surface area contributed by atoms with E-state index in [1.165, 1.54) is 0 Å². The largest absolute Gasteiger partial charge is 0.422 e. The minimum absolute atomic E-state index is 0.270. The maximum Gasteiger partial charge on any atom is 0.355 e. The molecule has 0 saturated carbocycles. The first-order valence-corrected chi connectivity index (χ1v) is 6.11. The second-order valence-corrected chi connectivity index (χ2v) is 5.13. The minimum atomic E-state index is -3.55. The fraction of sp³-hybridized carbons (Fsp3) is 0.100. The van der Waals surface area contributed by atoms with E-state index in [0.29, 0.717) is 5.56 Å². The summed E-state index contributed by atoms with van der Waals surface area (Å²) >= 11 is 0. The smallest absolute Gasteiger partial charge is 0.355 e. The van der Waals surface area contributed by atoms with Crippen LogP contribution in [0.3, 0.4) is 0 Å². The van der Waals surface area contributed by atoms with Gasteiger partial charge in [0.15, 0.2) is 14.7 Å². The molecule has 1 heterocycles. The molecule has 0 aromatic heterocycles. The van der Waals surface area contributed by atoms with Gasteiger partial charge in [-0.2, -0.15) is 0 Å². The van der Waals surface area contributed by atoms with E-state index in [0.717, 1.165) is 6.26 Å². The van der Waals surface area contributed by atoms with Crippen molar-refractivity contribution in [3.05, 3.63) is 40.8 Å². The Labute approximate surface area is 86.4 Å². The van der Waals surface area contributed by atoms with Crippen LogP contribution in [0.1, 0.15) is 0 Å². The number of furan rings is 1. The van der Waals surface area contributed by atoms with Crippen LogP contribution in [-0.2, 0) is 9.84 Å². The molecule has 15 heavy (non-hydrogen) atoms. The summed E-state index contributed by atoms with van der Waals surface area (Å²) in [5.74, 6) is 0.283. The Morgan fingerprint density at radius 2 is 1.80 bits per heavy atom. The van der Waals surface area contributed by atoms with E-state index in [-0.39, 0.29) is 10.7 Å². The Kier molecular flexibility index (Phi) is 2.12. The standard InChI is InChI=1S/C10H8O4S/c1-15(12,13)9-7-5-3-2-4-6-8(7)14-10(9)11/h2-6H,1H3. The van der Waals surface area contributed by atoms with Crippen LogP contribution in [0.15, 0.2) is 44.4 Å². The molecule has 5 heteroatoms. The molecule has 0 aromatic carbocycles. The first kappa shape index (κ1) is 9.92. The van der Waals surface area contributed by atoms with E-state index < -0.39 is 15.5 Å². The van der Waals surface area contributed by atoms with Crippen molar-refractivity contribution >= 4 is 9.84 Å². The van der Waals surface area contributed by atoms with Crippen LogP contribution >= 0.6 is 0 Å². The number of rotatable bonds is 1. The summed E-state index contributed by atoms with van der Waals surface area (Å²) in [6.07, 6.45) is 0.992. The predicted octanol–water partition coefficient (Wildman–Crippen LogP) is 1.15. The molecule has 0 radical (unpaired) electrons. The van der Waals surface area contributed by atoms with Crippen molar-refractivity contribution in [1.29, 1.82) is 0 Å². The summed E-state index contributed by atoms with van der Waals surface area (Å²) in [6.45, 7) is 0. The maximum absolute atomic E-state index is 11.4. The van der Waals surface area contributed by atoms with E-state index >= 15 is 0 Å². The zero-order chi connectivity index (χ0) is 11.1. The quantitative estimate of drug-likeness (QED) is 0.728. The Bertz CT molecular complexity index is 624. The third kappa shape index (κ3) is 1.66. The van der Waals surface area contributed by atoms with Crippen LogP contribution < -0.4 is 5.63 Å². The van der Waals surface area contributed by atoms with Gasteiger partial charge in [-0.15, -0.1) is 0 Å². The van der Waals surface area contributed by atoms with Crippen LogP contribution in [0.2, 0.25) is 0 Å². The molecule has 78 valence electrons. The highest BCUT2D eigenvalue weighted by atomic mass is 32.2. The topological polar surface area (TPSA) is 64.3 Å². The van der Waals surface area contributed by atoms with Crippen molar-refractivity contribution in [1.82, 2.24) is 0 Å². The number of sulfone groups is 1. The third-order valence-electron chi connectivity index (χ3n) is 2.00. The monoisotopic (exact) mass is 224 g/mol. The van der Waals surface area contributed by atoms with Gasteiger partial charge in [-0.25, -0.2) is 13.2 Å². The number of hydrogen-bond acceptors (Lipinski definition) is 4. The normalized spacial score (nSPS) is 11.8. The van der Waals surface area contributed by atoms with Gasteiger partial charge >= 0.3 is 5.63 Å². The highest BCUT2D eigenvalue weighted by Crippen LogP contribution is 2.26. The van der Waals surface area contributed by atoms with Crippen molar-refractivity contribution in [2.24, 2.45) is 0 Å². The highest BCUT2D eigenvalue weighted by molar-refractivity contribution is 7.90. The lowest BCUT2D eigenvalue weighted by Gasteiger charge is -1.92. The maximum atomic E-state index is 11.4. The first-order chi connectivity index (χ1) is 7.00. The fourth-order valence-electron chi connectivity index (χ4n) is 1.41. The first-order valence-electron chi connectivity index (χ1n) is 4.22. The van der Waals surface area contributed by atoms with Crippen LogP contribution in [0.25, 0.3) is 11.3 Å². The lowest BCUT2D eigenvalue weighted by molar-refractivity contribution is 0.532. The van der Waals surface area contributed by atoms with Crippen LogP contribution in [-0.4, -0.2) is 14.7 Å². The number of fused-ring (bicyclic) bond motifs is 1. The van der Waals surface area contributed by atoms with E-state index in [1.807, 2.05) is 0 Å². The van der Waals surface area contributed by atoms with Gasteiger partial charge in [0, 0.05) is 11.8 Å². The molecule has 0 bridgehead atoms. The highest BCUT2D eigenvalue weighted by Gasteiger charge is 2.24. The molecular formula is C10H8O4S. The van der Waals surface area contributed by atoms with Crippen LogP contribution in [0.4, 0.5) is 0 Å². The summed E-state index contributed by atoms with van der Waals surface area (Å²) in [6, 6.07) is 8.18. The number of hydrogen-bond donors (Lipinski definition) is 0. The van der Waals surface area contributed by atoms with Gasteiger partial charge in [-0.05, 0) is 12.1 Å². The molecule has 0 spiro atoms. The van der Waals surface area contributed by atoms with Crippen molar-refractivity contribution < 1.29 is 12.8 Å². The second kappa shape index (κ2) is 3.20.